The molecule has 0 spiro atoms. The summed E-state index contributed by atoms with van der Waals surface area (Å²) in [5, 5.41) is 2.54. The lowest BCUT2D eigenvalue weighted by Crippen LogP contribution is -2.34. The molecule has 0 fully saturated rings. The number of nitrogens with two attached hydrogens (primary N) is 1. The van der Waals surface area contributed by atoms with Crippen LogP contribution in [0.15, 0.2) is 12.1 Å². The zero-order chi connectivity index (χ0) is 13.8. The summed E-state index contributed by atoms with van der Waals surface area (Å²) in [6.45, 7) is 2.38. The second kappa shape index (κ2) is 5.79. The van der Waals surface area contributed by atoms with Crippen LogP contribution in [0.5, 0.6) is 17.2 Å². The van der Waals surface area contributed by atoms with Crippen molar-refractivity contribution in [2.24, 2.45) is 5.73 Å². The summed E-state index contributed by atoms with van der Waals surface area (Å²) in [7, 11) is 1.57. The highest BCUT2D eigenvalue weighted by Gasteiger charge is 2.20. The molecule has 1 aliphatic rings. The standard InChI is InChI=1S/C13H18N2O4/c1-8(13(16)15-2)19-10-6-12-11(17-7-18-12)5-9(10)3-4-14/h5-6,8H,3-4,7,14H2,1-2H3,(H,15,16). The number of carbonyl (C=O) groups is 1. The first-order valence-corrected chi connectivity index (χ1v) is 6.16. The minimum absolute atomic E-state index is 0.184. The predicted octanol–water partition coefficient (Wildman–Crippen LogP) is 0.430. The van der Waals surface area contributed by atoms with E-state index >= 15 is 0 Å². The van der Waals surface area contributed by atoms with E-state index in [9.17, 15) is 4.79 Å². The number of nitrogens with one attached hydrogen (secondary N) is 1. The summed E-state index contributed by atoms with van der Waals surface area (Å²) >= 11 is 0. The van der Waals surface area contributed by atoms with Crippen LogP contribution in [0.4, 0.5) is 0 Å². The van der Waals surface area contributed by atoms with Gasteiger partial charge in [0.15, 0.2) is 17.6 Å². The molecule has 19 heavy (non-hydrogen) atoms. The van der Waals surface area contributed by atoms with Crippen LogP contribution in [-0.2, 0) is 11.2 Å². The summed E-state index contributed by atoms with van der Waals surface area (Å²) in [5.41, 5.74) is 6.49. The third-order valence-corrected chi connectivity index (χ3v) is 2.89. The number of amides is 1. The zero-order valence-electron chi connectivity index (χ0n) is 11.1. The molecule has 0 bridgehead atoms. The van der Waals surface area contributed by atoms with Gasteiger partial charge in [-0.25, -0.2) is 0 Å². The largest absolute Gasteiger partial charge is 0.480 e. The number of hydrogen-bond acceptors (Lipinski definition) is 5. The monoisotopic (exact) mass is 266 g/mol. The van der Waals surface area contributed by atoms with Gasteiger partial charge >= 0.3 is 0 Å². The van der Waals surface area contributed by atoms with Gasteiger partial charge in [0.25, 0.3) is 5.91 Å². The summed E-state index contributed by atoms with van der Waals surface area (Å²) in [4.78, 5) is 11.5. The lowest BCUT2D eigenvalue weighted by atomic mass is 10.1. The van der Waals surface area contributed by atoms with Gasteiger partial charge in [-0.2, -0.15) is 0 Å². The summed E-state index contributed by atoms with van der Waals surface area (Å²) < 4.78 is 16.3. The van der Waals surface area contributed by atoms with Crippen molar-refractivity contribution in [1.82, 2.24) is 5.32 Å². The van der Waals surface area contributed by atoms with Gasteiger partial charge in [0.2, 0.25) is 6.79 Å². The molecule has 104 valence electrons. The van der Waals surface area contributed by atoms with Crippen molar-refractivity contribution in [1.29, 1.82) is 0 Å². The van der Waals surface area contributed by atoms with Crippen molar-refractivity contribution in [2.45, 2.75) is 19.4 Å². The summed E-state index contributed by atoms with van der Waals surface area (Å²) in [6, 6.07) is 3.59. The Kier molecular flexibility index (Phi) is 4.11. The van der Waals surface area contributed by atoms with Crippen molar-refractivity contribution >= 4 is 5.91 Å². The van der Waals surface area contributed by atoms with Crippen LogP contribution in [0.25, 0.3) is 0 Å². The van der Waals surface area contributed by atoms with Crippen molar-refractivity contribution in [3.63, 3.8) is 0 Å². The van der Waals surface area contributed by atoms with Crippen LogP contribution in [0, 0.1) is 0 Å². The van der Waals surface area contributed by atoms with Crippen LogP contribution in [0.2, 0.25) is 0 Å². The molecule has 6 heteroatoms. The van der Waals surface area contributed by atoms with Crippen LogP contribution < -0.4 is 25.3 Å². The maximum absolute atomic E-state index is 11.5. The first-order valence-electron chi connectivity index (χ1n) is 6.16. The molecule has 0 radical (unpaired) electrons. The van der Waals surface area contributed by atoms with Crippen LogP contribution >= 0.6 is 0 Å². The molecule has 3 N–H and O–H groups in total. The smallest absolute Gasteiger partial charge is 0.260 e. The van der Waals surface area contributed by atoms with E-state index in [2.05, 4.69) is 5.32 Å². The number of carbonyl (C=O) groups excluding carboxylic acids is 1. The highest BCUT2D eigenvalue weighted by Crippen LogP contribution is 2.38. The first-order chi connectivity index (χ1) is 9.15. The highest BCUT2D eigenvalue weighted by atomic mass is 16.7. The lowest BCUT2D eigenvalue weighted by molar-refractivity contribution is -0.126. The molecule has 1 atom stereocenters. The van der Waals surface area contributed by atoms with E-state index < -0.39 is 6.10 Å². The van der Waals surface area contributed by atoms with E-state index in [4.69, 9.17) is 19.9 Å². The fourth-order valence-corrected chi connectivity index (χ4v) is 1.87. The normalized spacial score (nSPS) is 14.1. The van der Waals surface area contributed by atoms with Crippen molar-refractivity contribution in [3.05, 3.63) is 17.7 Å². The Morgan fingerprint density at radius 1 is 1.47 bits per heavy atom. The van der Waals surface area contributed by atoms with Gasteiger partial charge in [-0.3, -0.25) is 4.79 Å². The van der Waals surface area contributed by atoms with E-state index in [0.717, 1.165) is 5.56 Å². The molecule has 0 aromatic heterocycles. The number of benzene rings is 1. The fraction of sp³-hybridized carbons (Fsp3) is 0.462. The third-order valence-electron chi connectivity index (χ3n) is 2.89. The molecule has 1 heterocycles. The van der Waals surface area contributed by atoms with Crippen molar-refractivity contribution in [2.75, 3.05) is 20.4 Å². The average molecular weight is 266 g/mol. The van der Waals surface area contributed by atoms with Gasteiger partial charge in [-0.15, -0.1) is 0 Å². The lowest BCUT2D eigenvalue weighted by Gasteiger charge is -2.16. The Balaban J connectivity index is 2.24. The summed E-state index contributed by atoms with van der Waals surface area (Å²) in [5.74, 6) is 1.73. The van der Waals surface area contributed by atoms with Gasteiger partial charge in [0.05, 0.1) is 0 Å². The van der Waals surface area contributed by atoms with E-state index in [1.54, 1.807) is 20.0 Å². The van der Waals surface area contributed by atoms with Gasteiger partial charge in [0.1, 0.15) is 5.75 Å². The van der Waals surface area contributed by atoms with E-state index in [0.29, 0.717) is 30.2 Å². The quantitative estimate of drug-likeness (QED) is 0.807. The van der Waals surface area contributed by atoms with Gasteiger partial charge in [-0.05, 0) is 31.5 Å². The second-order valence-corrected chi connectivity index (χ2v) is 4.23. The Bertz CT molecular complexity index is 476. The van der Waals surface area contributed by atoms with Crippen molar-refractivity contribution < 1.29 is 19.0 Å². The Labute approximate surface area is 111 Å². The number of fused-ring (bicyclic) bond motifs is 1. The number of likely N-dealkylation sites (N-methyl/N-ethyl adjacent to an activating group) is 1. The maximum Gasteiger partial charge on any atom is 0.260 e. The number of ether oxygens (including phenoxy) is 3. The number of rotatable bonds is 5. The van der Waals surface area contributed by atoms with Crippen molar-refractivity contribution in [3.8, 4) is 17.2 Å². The molecule has 1 aromatic rings. The molecule has 0 aliphatic carbocycles. The Hall–Kier alpha value is -1.95. The predicted molar refractivity (Wildman–Crippen MR) is 69.5 cm³/mol. The van der Waals surface area contributed by atoms with Crippen LogP contribution in [0.3, 0.4) is 0 Å². The van der Waals surface area contributed by atoms with Gasteiger partial charge < -0.3 is 25.3 Å². The van der Waals surface area contributed by atoms with E-state index in [1.165, 1.54) is 0 Å². The Morgan fingerprint density at radius 2 is 2.16 bits per heavy atom. The molecule has 0 saturated carbocycles. The molecular weight excluding hydrogens is 248 g/mol. The molecule has 1 aromatic carbocycles. The topological polar surface area (TPSA) is 82.8 Å². The van der Waals surface area contributed by atoms with Gasteiger partial charge in [0, 0.05) is 13.1 Å². The molecule has 2 rings (SSSR count). The van der Waals surface area contributed by atoms with E-state index in [-0.39, 0.29) is 12.7 Å². The first kappa shape index (κ1) is 13.5. The fourth-order valence-electron chi connectivity index (χ4n) is 1.87. The zero-order valence-corrected chi connectivity index (χ0v) is 11.1. The summed E-state index contributed by atoms with van der Waals surface area (Å²) in [6.07, 6.45) is 0.0637. The number of hydrogen-bond donors (Lipinski definition) is 2. The van der Waals surface area contributed by atoms with Gasteiger partial charge in [-0.1, -0.05) is 0 Å². The second-order valence-electron chi connectivity index (χ2n) is 4.23. The minimum atomic E-state index is -0.582. The molecule has 1 unspecified atom stereocenters. The molecule has 0 saturated heterocycles. The Morgan fingerprint density at radius 3 is 2.79 bits per heavy atom. The average Bonchev–Trinajstić information content (AvgIpc) is 2.85. The SMILES string of the molecule is CNC(=O)C(C)Oc1cc2c(cc1CCN)OCO2. The molecule has 1 amide bonds. The van der Waals surface area contributed by atoms with Crippen LogP contribution in [-0.4, -0.2) is 32.4 Å². The maximum atomic E-state index is 11.5. The third kappa shape index (κ3) is 2.90. The molecule has 1 aliphatic heterocycles. The van der Waals surface area contributed by atoms with E-state index in [1.807, 2.05) is 6.07 Å². The van der Waals surface area contributed by atoms with Crippen LogP contribution in [0.1, 0.15) is 12.5 Å². The molecule has 6 nitrogen and oxygen atoms in total. The molecular formula is C13H18N2O4. The highest BCUT2D eigenvalue weighted by molar-refractivity contribution is 5.80. The minimum Gasteiger partial charge on any atom is -0.480 e.